The van der Waals surface area contributed by atoms with Crippen molar-refractivity contribution < 1.29 is 10.2 Å². The molecular weight excluding hydrogens is 344 g/mol. The van der Waals surface area contributed by atoms with Gasteiger partial charge in [-0.15, -0.1) is 0 Å². The third-order valence-corrected chi connectivity index (χ3v) is 10.6. The van der Waals surface area contributed by atoms with Gasteiger partial charge in [0.15, 0.2) is 0 Å². The first-order valence-corrected chi connectivity index (χ1v) is 12.4. The van der Waals surface area contributed by atoms with Crippen LogP contribution in [0.1, 0.15) is 105 Å². The molecule has 0 radical (unpaired) electrons. The maximum Gasteiger partial charge on any atom is 0.0591 e. The van der Waals surface area contributed by atoms with E-state index in [0.717, 1.165) is 54.8 Å². The Labute approximate surface area is 173 Å². The quantitative estimate of drug-likeness (QED) is 0.600. The molecule has 0 aliphatic heterocycles. The number of rotatable bonds is 4. The molecule has 0 aromatic rings. The van der Waals surface area contributed by atoms with E-state index in [1.165, 1.54) is 51.4 Å². The Bertz CT molecular complexity index is 565. The highest BCUT2D eigenvalue weighted by molar-refractivity contribution is 5.09. The Morgan fingerprint density at radius 3 is 2.32 bits per heavy atom. The summed E-state index contributed by atoms with van der Waals surface area (Å²) in [4.78, 5) is 0. The van der Waals surface area contributed by atoms with Gasteiger partial charge in [0.2, 0.25) is 0 Å². The topological polar surface area (TPSA) is 40.5 Å². The predicted octanol–water partition coefficient (Wildman–Crippen LogP) is 6.19. The molecule has 2 nitrogen and oxygen atoms in total. The fraction of sp³-hybridized carbons (Fsp3) is 1.00. The van der Waals surface area contributed by atoms with Crippen LogP contribution in [0.3, 0.4) is 0 Å². The van der Waals surface area contributed by atoms with Crippen molar-refractivity contribution in [3.63, 3.8) is 0 Å². The summed E-state index contributed by atoms with van der Waals surface area (Å²) in [6, 6.07) is 0. The molecule has 0 heterocycles. The maximum absolute atomic E-state index is 10.2. The highest BCUT2D eigenvalue weighted by atomic mass is 16.3. The van der Waals surface area contributed by atoms with Crippen LogP contribution >= 0.6 is 0 Å². The van der Waals surface area contributed by atoms with Crippen LogP contribution in [0.2, 0.25) is 0 Å². The standard InChI is InChI=1S/C26H46O2/c1-17(10-13-24(2,3)28)21-8-9-22-20-7-6-18-16-19(27)11-14-25(18,4)23(20)12-15-26(21,22)5/h17-23,27-28H,6-16H2,1-5H3/t17-,18-,19?,20?,21-,22?,23?,25+,26-/m1/s1. The van der Waals surface area contributed by atoms with Crippen molar-refractivity contribution in [3.05, 3.63) is 0 Å². The predicted molar refractivity (Wildman–Crippen MR) is 116 cm³/mol. The van der Waals surface area contributed by atoms with Gasteiger partial charge in [-0.3, -0.25) is 0 Å². The van der Waals surface area contributed by atoms with Crippen molar-refractivity contribution >= 4 is 0 Å². The van der Waals surface area contributed by atoms with Gasteiger partial charge in [0.1, 0.15) is 0 Å². The second-order valence-electron chi connectivity index (χ2n) is 12.6. The van der Waals surface area contributed by atoms with Gasteiger partial charge in [-0.25, -0.2) is 0 Å². The summed E-state index contributed by atoms with van der Waals surface area (Å²) < 4.78 is 0. The average molecular weight is 391 g/mol. The molecule has 4 fully saturated rings. The lowest BCUT2D eigenvalue weighted by Gasteiger charge is -2.61. The molecule has 4 rings (SSSR count). The molecule has 4 aliphatic carbocycles. The normalized spacial score (nSPS) is 49.8. The Kier molecular flexibility index (Phi) is 5.49. The SMILES string of the molecule is C[C@H](CCC(C)(C)O)[C@H]1CCC2C3CC[C@@H]4CC(O)CC[C@]4(C)C3CC[C@@]21C. The highest BCUT2D eigenvalue weighted by Crippen LogP contribution is 2.68. The molecular formula is C26H46O2. The Morgan fingerprint density at radius 1 is 0.929 bits per heavy atom. The molecule has 0 aromatic carbocycles. The van der Waals surface area contributed by atoms with E-state index in [9.17, 15) is 10.2 Å². The first kappa shape index (κ1) is 21.2. The van der Waals surface area contributed by atoms with Crippen molar-refractivity contribution in [3.8, 4) is 0 Å². The van der Waals surface area contributed by atoms with Gasteiger partial charge in [-0.05, 0) is 131 Å². The fourth-order valence-electron chi connectivity index (χ4n) is 8.99. The largest absolute Gasteiger partial charge is 0.393 e. The number of hydrogen-bond donors (Lipinski definition) is 2. The summed E-state index contributed by atoms with van der Waals surface area (Å²) in [5.41, 5.74) is 0.495. The van der Waals surface area contributed by atoms with E-state index in [1.807, 2.05) is 13.8 Å². The minimum atomic E-state index is -0.524. The monoisotopic (exact) mass is 390 g/mol. The molecule has 0 bridgehead atoms. The highest BCUT2D eigenvalue weighted by Gasteiger charge is 2.60. The van der Waals surface area contributed by atoms with E-state index in [0.29, 0.717) is 10.8 Å². The van der Waals surface area contributed by atoms with Gasteiger partial charge in [0.05, 0.1) is 11.7 Å². The van der Waals surface area contributed by atoms with Crippen LogP contribution in [0.15, 0.2) is 0 Å². The van der Waals surface area contributed by atoms with E-state index in [4.69, 9.17) is 0 Å². The van der Waals surface area contributed by atoms with Crippen molar-refractivity contribution in [2.45, 2.75) is 117 Å². The summed E-state index contributed by atoms with van der Waals surface area (Å²) in [5, 5.41) is 20.4. The smallest absolute Gasteiger partial charge is 0.0591 e. The first-order chi connectivity index (χ1) is 13.0. The van der Waals surface area contributed by atoms with Crippen LogP contribution < -0.4 is 0 Å². The van der Waals surface area contributed by atoms with Gasteiger partial charge < -0.3 is 10.2 Å². The van der Waals surface area contributed by atoms with Crippen molar-refractivity contribution in [2.75, 3.05) is 0 Å². The van der Waals surface area contributed by atoms with Crippen molar-refractivity contribution in [2.24, 2.45) is 46.3 Å². The Hall–Kier alpha value is -0.0800. The number of aliphatic hydroxyl groups is 2. The minimum absolute atomic E-state index is 0.0315. The molecule has 162 valence electrons. The molecule has 4 aliphatic rings. The van der Waals surface area contributed by atoms with Gasteiger partial charge >= 0.3 is 0 Å². The fourth-order valence-corrected chi connectivity index (χ4v) is 8.99. The van der Waals surface area contributed by atoms with Gasteiger partial charge in [-0.2, -0.15) is 0 Å². The lowest BCUT2D eigenvalue weighted by Crippen LogP contribution is -2.54. The lowest BCUT2D eigenvalue weighted by molar-refractivity contribution is -0.129. The third kappa shape index (κ3) is 3.49. The van der Waals surface area contributed by atoms with E-state index >= 15 is 0 Å². The van der Waals surface area contributed by atoms with Crippen LogP contribution in [0.25, 0.3) is 0 Å². The van der Waals surface area contributed by atoms with E-state index < -0.39 is 5.60 Å². The summed E-state index contributed by atoms with van der Waals surface area (Å²) in [6.45, 7) is 11.6. The van der Waals surface area contributed by atoms with Crippen LogP contribution in [0, 0.1) is 46.3 Å². The minimum Gasteiger partial charge on any atom is -0.393 e. The van der Waals surface area contributed by atoms with Crippen LogP contribution in [0.4, 0.5) is 0 Å². The maximum atomic E-state index is 10.2. The molecule has 4 saturated carbocycles. The molecule has 2 heteroatoms. The molecule has 0 saturated heterocycles. The summed E-state index contributed by atoms with van der Waals surface area (Å²) in [7, 11) is 0. The summed E-state index contributed by atoms with van der Waals surface area (Å²) >= 11 is 0. The number of fused-ring (bicyclic) bond motifs is 5. The first-order valence-electron chi connectivity index (χ1n) is 12.4. The van der Waals surface area contributed by atoms with Crippen molar-refractivity contribution in [1.29, 1.82) is 0 Å². The number of aliphatic hydroxyl groups excluding tert-OH is 1. The van der Waals surface area contributed by atoms with Crippen LogP contribution in [-0.2, 0) is 0 Å². The van der Waals surface area contributed by atoms with Crippen LogP contribution in [-0.4, -0.2) is 21.9 Å². The van der Waals surface area contributed by atoms with Gasteiger partial charge in [-0.1, -0.05) is 20.8 Å². The second-order valence-corrected chi connectivity index (χ2v) is 12.6. The molecule has 28 heavy (non-hydrogen) atoms. The average Bonchev–Trinajstić information content (AvgIpc) is 2.97. The lowest BCUT2D eigenvalue weighted by atomic mass is 9.44. The second kappa shape index (κ2) is 7.26. The number of hydrogen-bond acceptors (Lipinski definition) is 2. The molecule has 2 N–H and O–H groups in total. The van der Waals surface area contributed by atoms with Gasteiger partial charge in [0.25, 0.3) is 0 Å². The molecule has 0 amide bonds. The van der Waals surface area contributed by atoms with Crippen molar-refractivity contribution in [1.82, 2.24) is 0 Å². The van der Waals surface area contributed by atoms with Crippen LogP contribution in [0.5, 0.6) is 0 Å². The van der Waals surface area contributed by atoms with E-state index in [-0.39, 0.29) is 6.10 Å². The zero-order valence-corrected chi connectivity index (χ0v) is 19.2. The summed E-state index contributed by atoms with van der Waals surface area (Å²) in [5.74, 6) is 5.11. The zero-order valence-electron chi connectivity index (χ0n) is 19.2. The molecule has 9 atom stereocenters. The molecule has 0 spiro atoms. The van der Waals surface area contributed by atoms with E-state index in [2.05, 4.69) is 20.8 Å². The Balaban J connectivity index is 1.49. The van der Waals surface area contributed by atoms with Gasteiger partial charge in [0, 0.05) is 0 Å². The van der Waals surface area contributed by atoms with E-state index in [1.54, 1.807) is 0 Å². The zero-order chi connectivity index (χ0) is 20.3. The molecule has 4 unspecified atom stereocenters. The third-order valence-electron chi connectivity index (χ3n) is 10.6. The Morgan fingerprint density at radius 2 is 1.61 bits per heavy atom. The molecule has 0 aromatic heterocycles. The summed E-state index contributed by atoms with van der Waals surface area (Å²) in [6.07, 6.45) is 13.9.